The fourth-order valence-corrected chi connectivity index (χ4v) is 7.37. The first-order valence-corrected chi connectivity index (χ1v) is 16.0. The number of carbonyl (C=O) groups excluding carboxylic acids is 1. The van der Waals surface area contributed by atoms with Crippen LogP contribution in [0.2, 0.25) is 0 Å². The van der Waals surface area contributed by atoms with Gasteiger partial charge in [0.25, 0.3) is 5.91 Å². The Balaban J connectivity index is 1.63. The third kappa shape index (κ3) is 6.61. The van der Waals surface area contributed by atoms with E-state index in [0.717, 1.165) is 40.0 Å². The van der Waals surface area contributed by atoms with Gasteiger partial charge in [-0.3, -0.25) is 9.69 Å². The van der Waals surface area contributed by atoms with E-state index in [2.05, 4.69) is 37.8 Å². The monoisotopic (exact) mass is 578 g/mol. The maximum atomic E-state index is 13.9. The number of sulfonamides is 1. The first-order valence-electron chi connectivity index (χ1n) is 13.7. The quantitative estimate of drug-likeness (QED) is 0.203. The minimum atomic E-state index is -3.73. The Kier molecular flexibility index (Phi) is 9.73. The summed E-state index contributed by atoms with van der Waals surface area (Å²) in [5.41, 5.74) is 4.50. The summed E-state index contributed by atoms with van der Waals surface area (Å²) in [7, 11) is -3.73. The van der Waals surface area contributed by atoms with Crippen molar-refractivity contribution in [1.29, 1.82) is 0 Å². The van der Waals surface area contributed by atoms with Crippen LogP contribution in [0, 0.1) is 13.8 Å². The molecule has 0 N–H and O–H groups in total. The predicted molar refractivity (Wildman–Crippen MR) is 165 cm³/mol. The zero-order chi connectivity index (χ0) is 28.9. The molecule has 0 radical (unpaired) electrons. The maximum absolute atomic E-state index is 13.9. The van der Waals surface area contributed by atoms with E-state index in [4.69, 9.17) is 4.98 Å². The Morgan fingerprint density at radius 3 is 2.17 bits per heavy atom. The zero-order valence-electron chi connectivity index (χ0n) is 23.9. The molecule has 0 aliphatic heterocycles. The van der Waals surface area contributed by atoms with Crippen LogP contribution >= 0.6 is 11.3 Å². The number of hydrogen-bond donors (Lipinski definition) is 0. The predicted octanol–water partition coefficient (Wildman–Crippen LogP) is 6.11. The van der Waals surface area contributed by atoms with Gasteiger partial charge < -0.3 is 4.90 Å². The van der Waals surface area contributed by atoms with E-state index in [9.17, 15) is 13.2 Å². The van der Waals surface area contributed by atoms with Gasteiger partial charge in [-0.2, -0.15) is 4.31 Å². The summed E-state index contributed by atoms with van der Waals surface area (Å²) in [4.78, 5) is 22.9. The van der Waals surface area contributed by atoms with Crippen molar-refractivity contribution in [3.63, 3.8) is 0 Å². The van der Waals surface area contributed by atoms with E-state index in [1.165, 1.54) is 27.8 Å². The van der Waals surface area contributed by atoms with E-state index in [1.54, 1.807) is 17.0 Å². The van der Waals surface area contributed by atoms with E-state index >= 15 is 0 Å². The van der Waals surface area contributed by atoms with Crippen molar-refractivity contribution in [3.05, 3.63) is 89.0 Å². The van der Waals surface area contributed by atoms with Crippen LogP contribution in [0.25, 0.3) is 10.2 Å². The topological polar surface area (TPSA) is 73.8 Å². The average Bonchev–Trinajstić information content (AvgIpc) is 3.38. The molecule has 3 aromatic carbocycles. The number of anilines is 1. The van der Waals surface area contributed by atoms with Crippen LogP contribution in [0.5, 0.6) is 0 Å². The number of aromatic nitrogens is 1. The molecule has 40 heavy (non-hydrogen) atoms. The fourth-order valence-electron chi connectivity index (χ4n) is 4.77. The Morgan fingerprint density at radius 2 is 1.55 bits per heavy atom. The molecule has 0 saturated carbocycles. The SMILES string of the molecule is CCN(CC)CCN(C(=O)c1ccc(S(=O)(=O)N(CC)Cc2ccccc2)cc1)c1nc2c(C)cc(C)cc2s1. The van der Waals surface area contributed by atoms with Crippen LogP contribution in [0.15, 0.2) is 71.6 Å². The minimum absolute atomic E-state index is 0.169. The van der Waals surface area contributed by atoms with Crippen molar-refractivity contribution in [2.24, 2.45) is 0 Å². The summed E-state index contributed by atoms with van der Waals surface area (Å²) in [5.74, 6) is -0.193. The van der Waals surface area contributed by atoms with Crippen molar-refractivity contribution in [2.45, 2.75) is 46.1 Å². The number of rotatable bonds is 12. The number of likely N-dealkylation sites (N-methyl/N-ethyl adjacent to an activating group) is 1. The second kappa shape index (κ2) is 13.0. The molecule has 1 heterocycles. The molecule has 0 aliphatic carbocycles. The number of fused-ring (bicyclic) bond motifs is 1. The fraction of sp³-hybridized carbons (Fsp3) is 0.355. The third-order valence-electron chi connectivity index (χ3n) is 7.12. The molecule has 9 heteroatoms. The van der Waals surface area contributed by atoms with Crippen molar-refractivity contribution >= 4 is 42.6 Å². The largest absolute Gasteiger partial charge is 0.302 e. The summed E-state index contributed by atoms with van der Waals surface area (Å²) in [6, 6.07) is 20.0. The summed E-state index contributed by atoms with van der Waals surface area (Å²) >= 11 is 1.51. The van der Waals surface area contributed by atoms with Gasteiger partial charge in [0.05, 0.1) is 15.1 Å². The summed E-state index contributed by atoms with van der Waals surface area (Å²) in [6.07, 6.45) is 0. The van der Waals surface area contributed by atoms with Gasteiger partial charge in [0.1, 0.15) is 0 Å². The van der Waals surface area contributed by atoms with Gasteiger partial charge in [-0.05, 0) is 74.0 Å². The number of amides is 1. The number of benzene rings is 3. The number of carbonyl (C=O) groups is 1. The normalized spacial score (nSPS) is 12.0. The Labute approximate surface area is 242 Å². The van der Waals surface area contributed by atoms with Crippen molar-refractivity contribution in [2.75, 3.05) is 37.6 Å². The van der Waals surface area contributed by atoms with Gasteiger partial charge in [-0.15, -0.1) is 0 Å². The summed E-state index contributed by atoms with van der Waals surface area (Å²) < 4.78 is 29.3. The molecule has 1 aromatic heterocycles. The second-order valence-corrected chi connectivity index (χ2v) is 12.8. The van der Waals surface area contributed by atoms with Crippen LogP contribution in [-0.2, 0) is 16.6 Å². The van der Waals surface area contributed by atoms with Crippen LogP contribution < -0.4 is 4.90 Å². The molecule has 0 fully saturated rings. The van der Waals surface area contributed by atoms with Gasteiger partial charge in [0.2, 0.25) is 10.0 Å². The van der Waals surface area contributed by atoms with E-state index in [-0.39, 0.29) is 17.3 Å². The lowest BCUT2D eigenvalue weighted by Crippen LogP contribution is -2.39. The van der Waals surface area contributed by atoms with Crippen LogP contribution in [-0.4, -0.2) is 61.2 Å². The Hall–Kier alpha value is -3.11. The number of nitrogens with zero attached hydrogens (tertiary/aromatic N) is 4. The van der Waals surface area contributed by atoms with Gasteiger partial charge in [0, 0.05) is 31.7 Å². The highest BCUT2D eigenvalue weighted by molar-refractivity contribution is 7.89. The maximum Gasteiger partial charge on any atom is 0.260 e. The third-order valence-corrected chi connectivity index (χ3v) is 10.1. The lowest BCUT2D eigenvalue weighted by molar-refractivity contribution is 0.0983. The molecule has 0 bridgehead atoms. The number of thiazole rings is 1. The van der Waals surface area contributed by atoms with Crippen LogP contribution in [0.4, 0.5) is 5.13 Å². The summed E-state index contributed by atoms with van der Waals surface area (Å²) in [5, 5.41) is 0.651. The van der Waals surface area contributed by atoms with Crippen molar-refractivity contribution < 1.29 is 13.2 Å². The number of hydrogen-bond acceptors (Lipinski definition) is 6. The van der Waals surface area contributed by atoms with E-state index < -0.39 is 10.0 Å². The standard InChI is InChI=1S/C31H38N4O3S2/c1-6-33(7-2)18-19-35(31-32-29-24(5)20-23(4)21-28(29)39-31)30(36)26-14-16-27(17-15-26)40(37,38)34(8-3)22-25-12-10-9-11-13-25/h9-17,20-21H,6-8,18-19,22H2,1-5H3. The molecule has 0 unspecified atom stereocenters. The van der Waals surface area contributed by atoms with E-state index in [0.29, 0.717) is 30.3 Å². The molecule has 0 atom stereocenters. The molecule has 0 aliphatic rings. The smallest absolute Gasteiger partial charge is 0.260 e. The molecule has 0 saturated heterocycles. The van der Waals surface area contributed by atoms with Crippen LogP contribution in [0.3, 0.4) is 0 Å². The van der Waals surface area contributed by atoms with Gasteiger partial charge >= 0.3 is 0 Å². The molecular weight excluding hydrogens is 541 g/mol. The molecule has 4 rings (SSSR count). The highest BCUT2D eigenvalue weighted by Gasteiger charge is 2.26. The molecular formula is C31H38N4O3S2. The Morgan fingerprint density at radius 1 is 0.875 bits per heavy atom. The first-order chi connectivity index (χ1) is 19.2. The molecule has 212 valence electrons. The molecule has 4 aromatic rings. The zero-order valence-corrected chi connectivity index (χ0v) is 25.6. The van der Waals surface area contributed by atoms with Crippen molar-refractivity contribution in [1.82, 2.24) is 14.2 Å². The first kappa shape index (κ1) is 29.9. The van der Waals surface area contributed by atoms with Gasteiger partial charge in [0.15, 0.2) is 5.13 Å². The van der Waals surface area contributed by atoms with Gasteiger partial charge in [-0.25, -0.2) is 13.4 Å². The summed E-state index contributed by atoms with van der Waals surface area (Å²) in [6.45, 7) is 13.7. The highest BCUT2D eigenvalue weighted by atomic mass is 32.2. The molecule has 1 amide bonds. The highest BCUT2D eigenvalue weighted by Crippen LogP contribution is 2.32. The van der Waals surface area contributed by atoms with E-state index in [1.807, 2.05) is 44.2 Å². The number of aryl methyl sites for hydroxylation is 2. The lowest BCUT2D eigenvalue weighted by Gasteiger charge is -2.25. The van der Waals surface area contributed by atoms with Crippen molar-refractivity contribution in [3.8, 4) is 0 Å². The lowest BCUT2D eigenvalue weighted by atomic mass is 10.1. The minimum Gasteiger partial charge on any atom is -0.302 e. The van der Waals surface area contributed by atoms with Crippen LogP contribution in [0.1, 0.15) is 47.8 Å². The molecule has 0 spiro atoms. The second-order valence-electron chi connectivity index (χ2n) is 9.85. The Bertz CT molecular complexity index is 1550. The molecule has 7 nitrogen and oxygen atoms in total. The average molecular weight is 579 g/mol. The van der Waals surface area contributed by atoms with Gasteiger partial charge in [-0.1, -0.05) is 68.5 Å².